The van der Waals surface area contributed by atoms with E-state index in [0.717, 1.165) is 77.0 Å². The molecule has 0 aliphatic rings. The van der Waals surface area contributed by atoms with E-state index in [9.17, 15) is 39.6 Å². The van der Waals surface area contributed by atoms with Crippen LogP contribution in [-0.4, -0.2) is 23.9 Å². The number of carbonyl (C=O) groups is 4. The van der Waals surface area contributed by atoms with Crippen LogP contribution in [0.1, 0.15) is 182 Å². The van der Waals surface area contributed by atoms with Gasteiger partial charge in [0.1, 0.15) is 0 Å². The Kier molecular flexibility index (Phi) is 54.7. The standard InChI is InChI=1S/4C8H16O2.Re/c4*1-2-3-4-5-6-7-8(9)10;/h4*2-7H2,1H3,(H,9,10);/p-4. The molecule has 0 fully saturated rings. The first-order valence-corrected chi connectivity index (χ1v) is 15.9. The van der Waals surface area contributed by atoms with Crippen LogP contribution in [0.5, 0.6) is 0 Å². The number of carbonyl (C=O) groups excluding carboxylic acids is 4. The van der Waals surface area contributed by atoms with Crippen molar-refractivity contribution in [2.24, 2.45) is 0 Å². The van der Waals surface area contributed by atoms with E-state index >= 15 is 0 Å². The molecule has 0 unspecified atom stereocenters. The van der Waals surface area contributed by atoms with Crippen molar-refractivity contribution in [2.45, 2.75) is 182 Å². The summed E-state index contributed by atoms with van der Waals surface area (Å²) in [5.74, 6) is -3.68. The number of carboxylic acids is 4. The Balaban J connectivity index is -0.000000139. The zero-order valence-corrected chi connectivity index (χ0v) is 29.3. The summed E-state index contributed by atoms with van der Waals surface area (Å²) in [5.41, 5.74) is 0. The minimum atomic E-state index is -0.920. The Hall–Kier alpha value is -1.46. The normalized spacial score (nSPS) is 9.46. The van der Waals surface area contributed by atoms with Crippen LogP contribution in [-0.2, 0) is 39.6 Å². The van der Waals surface area contributed by atoms with Gasteiger partial charge < -0.3 is 39.6 Å². The van der Waals surface area contributed by atoms with Crippen molar-refractivity contribution in [3.8, 4) is 0 Å². The molecule has 0 N–H and O–H groups in total. The molecular weight excluding hydrogens is 699 g/mol. The third-order valence-corrected chi connectivity index (χ3v) is 5.94. The Bertz CT molecular complexity index is 460. The first-order chi connectivity index (χ1) is 19.1. The third-order valence-electron chi connectivity index (χ3n) is 5.94. The van der Waals surface area contributed by atoms with Crippen LogP contribution in [0.4, 0.5) is 0 Å². The Morgan fingerprint density at radius 1 is 0.317 bits per heavy atom. The van der Waals surface area contributed by atoms with Gasteiger partial charge in [-0.3, -0.25) is 0 Å². The molecule has 0 aliphatic carbocycles. The van der Waals surface area contributed by atoms with Gasteiger partial charge >= 0.3 is 0 Å². The van der Waals surface area contributed by atoms with Crippen molar-refractivity contribution in [3.05, 3.63) is 0 Å². The molecule has 0 atom stereocenters. The van der Waals surface area contributed by atoms with Crippen molar-refractivity contribution in [1.82, 2.24) is 0 Å². The van der Waals surface area contributed by atoms with Crippen molar-refractivity contribution in [3.63, 3.8) is 0 Å². The number of rotatable bonds is 24. The molecule has 41 heavy (non-hydrogen) atoms. The first kappa shape index (κ1) is 49.2. The monoisotopic (exact) mass is 759 g/mol. The summed E-state index contributed by atoms with van der Waals surface area (Å²) in [7, 11) is 0. The predicted molar refractivity (Wildman–Crippen MR) is 154 cm³/mol. The van der Waals surface area contributed by atoms with Gasteiger partial charge in [0.2, 0.25) is 0 Å². The van der Waals surface area contributed by atoms with Crippen LogP contribution >= 0.6 is 0 Å². The molecule has 1 radical (unpaired) electrons. The fourth-order valence-corrected chi connectivity index (χ4v) is 3.49. The quantitative estimate of drug-likeness (QED) is 0.131. The largest absolute Gasteiger partial charge is 0.550 e. The molecule has 9 heteroatoms. The summed E-state index contributed by atoms with van der Waals surface area (Å²) < 4.78 is 0. The van der Waals surface area contributed by atoms with Crippen molar-refractivity contribution < 1.29 is 60.0 Å². The SMILES string of the molecule is CCCCCCCC(=O)[O-].CCCCCCCC(=O)[O-].CCCCCCCC(=O)[O-].CCCCCCCC(=O)[O-].[Re]. The summed E-state index contributed by atoms with van der Waals surface area (Å²) >= 11 is 0. The number of hydrogen-bond acceptors (Lipinski definition) is 8. The second-order valence-corrected chi connectivity index (χ2v) is 10.1. The maximum absolute atomic E-state index is 9.92. The van der Waals surface area contributed by atoms with E-state index in [4.69, 9.17) is 0 Å². The van der Waals surface area contributed by atoms with Gasteiger partial charge in [0.15, 0.2) is 0 Å². The van der Waals surface area contributed by atoms with Gasteiger partial charge in [-0.15, -0.1) is 0 Å². The maximum Gasteiger partial charge on any atom is 0.0414 e. The third kappa shape index (κ3) is 73.1. The van der Waals surface area contributed by atoms with Crippen LogP contribution in [0.2, 0.25) is 0 Å². The molecule has 0 rings (SSSR count). The van der Waals surface area contributed by atoms with E-state index in [2.05, 4.69) is 27.7 Å². The van der Waals surface area contributed by atoms with Crippen LogP contribution in [0.15, 0.2) is 0 Å². The first-order valence-electron chi connectivity index (χ1n) is 15.9. The second-order valence-electron chi connectivity index (χ2n) is 10.1. The number of carboxylic acid groups (broad SMARTS) is 4. The molecule has 0 aliphatic heterocycles. The van der Waals surface area contributed by atoms with Gasteiger partial charge in [-0.05, 0) is 51.4 Å². The second kappa shape index (κ2) is 45.5. The zero-order valence-electron chi connectivity index (χ0n) is 26.6. The van der Waals surface area contributed by atoms with Gasteiger partial charge in [0, 0.05) is 44.3 Å². The molecule has 0 heterocycles. The van der Waals surface area contributed by atoms with Crippen LogP contribution in [0.3, 0.4) is 0 Å². The molecule has 0 amide bonds. The van der Waals surface area contributed by atoms with Crippen LogP contribution in [0.25, 0.3) is 0 Å². The van der Waals surface area contributed by atoms with E-state index < -0.39 is 23.9 Å². The van der Waals surface area contributed by atoms with E-state index in [-0.39, 0.29) is 46.1 Å². The number of hydrogen-bond donors (Lipinski definition) is 0. The molecule has 0 aromatic heterocycles. The molecule has 0 spiro atoms. The zero-order chi connectivity index (χ0) is 31.3. The van der Waals surface area contributed by atoms with Crippen molar-refractivity contribution >= 4 is 23.9 Å². The van der Waals surface area contributed by atoms with Gasteiger partial charge in [0.05, 0.1) is 0 Å². The Morgan fingerprint density at radius 2 is 0.463 bits per heavy atom. The molecular formula is C32H60O8Re-4. The minimum absolute atomic E-state index is 0. The van der Waals surface area contributed by atoms with E-state index in [1.165, 1.54) is 51.4 Å². The summed E-state index contributed by atoms with van der Waals surface area (Å²) in [6.45, 7) is 8.55. The number of aliphatic carboxylic acids is 4. The fourth-order valence-electron chi connectivity index (χ4n) is 3.49. The van der Waals surface area contributed by atoms with E-state index in [0.29, 0.717) is 0 Å². The Morgan fingerprint density at radius 3 is 0.585 bits per heavy atom. The molecule has 8 nitrogen and oxygen atoms in total. The van der Waals surface area contributed by atoms with Gasteiger partial charge in [-0.1, -0.05) is 130 Å². The van der Waals surface area contributed by atoms with Gasteiger partial charge in [-0.2, -0.15) is 0 Å². The summed E-state index contributed by atoms with van der Waals surface area (Å²) in [4.78, 5) is 39.7. The number of unbranched alkanes of at least 4 members (excludes halogenated alkanes) is 16. The predicted octanol–water partition coefficient (Wildman–Crippen LogP) is 4.38. The summed E-state index contributed by atoms with van der Waals surface area (Å²) in [6, 6.07) is 0. The van der Waals surface area contributed by atoms with E-state index in [1.54, 1.807) is 0 Å². The van der Waals surface area contributed by atoms with Crippen LogP contribution in [0, 0.1) is 0 Å². The molecule has 0 bridgehead atoms. The molecule has 0 aromatic carbocycles. The fraction of sp³-hybridized carbons (Fsp3) is 0.875. The van der Waals surface area contributed by atoms with Gasteiger partial charge in [0.25, 0.3) is 0 Å². The Labute approximate surface area is 265 Å². The molecule has 0 aromatic rings. The van der Waals surface area contributed by atoms with Crippen molar-refractivity contribution in [1.29, 1.82) is 0 Å². The molecule has 0 saturated carbocycles. The maximum atomic E-state index is 9.92. The smallest absolute Gasteiger partial charge is 0.0414 e. The van der Waals surface area contributed by atoms with Crippen molar-refractivity contribution in [2.75, 3.05) is 0 Å². The average Bonchev–Trinajstić information content (AvgIpc) is 2.89. The van der Waals surface area contributed by atoms with Crippen LogP contribution < -0.4 is 20.4 Å². The van der Waals surface area contributed by atoms with E-state index in [1.807, 2.05) is 0 Å². The average molecular weight is 759 g/mol. The summed E-state index contributed by atoms with van der Waals surface area (Å²) in [6.07, 6.45) is 22.4. The molecule has 247 valence electrons. The summed E-state index contributed by atoms with van der Waals surface area (Å²) in [5, 5.41) is 39.7. The minimum Gasteiger partial charge on any atom is -0.550 e. The van der Waals surface area contributed by atoms with Gasteiger partial charge in [-0.25, -0.2) is 0 Å². The molecule has 0 saturated heterocycles. The topological polar surface area (TPSA) is 161 Å².